The Morgan fingerprint density at radius 1 is 1.00 bits per heavy atom. The zero-order valence-electron chi connectivity index (χ0n) is 11.9. The molecule has 0 amide bonds. The van der Waals surface area contributed by atoms with Gasteiger partial charge in [0, 0.05) is 6.54 Å². The number of nitrogens with one attached hydrogen (secondary N) is 1. The van der Waals surface area contributed by atoms with Crippen molar-refractivity contribution in [2.24, 2.45) is 0 Å². The van der Waals surface area contributed by atoms with Crippen molar-refractivity contribution in [1.29, 1.82) is 0 Å². The highest BCUT2D eigenvalue weighted by molar-refractivity contribution is 5.58. The van der Waals surface area contributed by atoms with Gasteiger partial charge in [-0.15, -0.1) is 0 Å². The molecule has 0 heterocycles. The number of anilines is 1. The predicted molar refractivity (Wildman–Crippen MR) is 79.7 cm³/mol. The van der Waals surface area contributed by atoms with Gasteiger partial charge in [-0.3, -0.25) is 0 Å². The second-order valence-corrected chi connectivity index (χ2v) is 4.56. The van der Waals surface area contributed by atoms with Gasteiger partial charge in [-0.05, 0) is 42.3 Å². The topological polar surface area (TPSA) is 50.7 Å². The van der Waals surface area contributed by atoms with Gasteiger partial charge in [0.15, 0.2) is 11.5 Å². The summed E-state index contributed by atoms with van der Waals surface area (Å²) in [6.45, 7) is 2.62. The number of hydrogen-bond donors (Lipinski definition) is 2. The Labute approximate surface area is 119 Å². The number of ether oxygens (including phenoxy) is 2. The third kappa shape index (κ3) is 3.15. The minimum absolute atomic E-state index is 0.141. The number of rotatable bonds is 5. The second kappa shape index (κ2) is 6.19. The maximum absolute atomic E-state index is 9.75. The first-order valence-corrected chi connectivity index (χ1v) is 6.38. The van der Waals surface area contributed by atoms with Crippen LogP contribution in [-0.4, -0.2) is 19.3 Å². The molecule has 2 N–H and O–H groups in total. The number of hydrogen-bond acceptors (Lipinski definition) is 4. The molecule has 0 aliphatic rings. The summed E-state index contributed by atoms with van der Waals surface area (Å²) in [6, 6.07) is 11.3. The highest BCUT2D eigenvalue weighted by atomic mass is 16.5. The molecule has 4 heteroatoms. The van der Waals surface area contributed by atoms with Crippen molar-refractivity contribution in [3.63, 3.8) is 0 Å². The van der Waals surface area contributed by atoms with Crippen molar-refractivity contribution in [3.8, 4) is 17.2 Å². The highest BCUT2D eigenvalue weighted by Crippen LogP contribution is 2.28. The summed E-state index contributed by atoms with van der Waals surface area (Å²) < 4.78 is 10.4. The van der Waals surface area contributed by atoms with E-state index in [2.05, 4.69) is 5.32 Å². The fraction of sp³-hybridized carbons (Fsp3) is 0.250. The first-order chi connectivity index (χ1) is 9.63. The van der Waals surface area contributed by atoms with Crippen molar-refractivity contribution >= 4 is 5.69 Å². The minimum atomic E-state index is 0.141. The van der Waals surface area contributed by atoms with Gasteiger partial charge < -0.3 is 19.9 Å². The predicted octanol–water partition coefficient (Wildman–Crippen LogP) is 3.33. The van der Waals surface area contributed by atoms with Crippen LogP contribution in [0.1, 0.15) is 11.1 Å². The summed E-state index contributed by atoms with van der Waals surface area (Å²) in [5.41, 5.74) is 3.04. The van der Waals surface area contributed by atoms with Gasteiger partial charge in [0.2, 0.25) is 0 Å². The van der Waals surface area contributed by atoms with E-state index < -0.39 is 0 Å². The molecule has 2 aromatic carbocycles. The van der Waals surface area contributed by atoms with Gasteiger partial charge in [0.25, 0.3) is 0 Å². The fourth-order valence-corrected chi connectivity index (χ4v) is 1.99. The monoisotopic (exact) mass is 273 g/mol. The molecule has 0 radical (unpaired) electrons. The van der Waals surface area contributed by atoms with Crippen LogP contribution in [0.5, 0.6) is 17.2 Å². The van der Waals surface area contributed by atoms with Crippen LogP contribution < -0.4 is 14.8 Å². The van der Waals surface area contributed by atoms with Crippen LogP contribution in [0.2, 0.25) is 0 Å². The quantitative estimate of drug-likeness (QED) is 0.877. The second-order valence-electron chi connectivity index (χ2n) is 4.56. The molecule has 0 aliphatic carbocycles. The molecule has 0 aromatic heterocycles. The molecule has 0 unspecified atom stereocenters. The van der Waals surface area contributed by atoms with Crippen LogP contribution in [0.4, 0.5) is 5.69 Å². The Bertz CT molecular complexity index is 596. The molecule has 0 bridgehead atoms. The number of phenolic OH excluding ortho intramolecular Hbond substituents is 1. The van der Waals surface area contributed by atoms with Crippen molar-refractivity contribution in [3.05, 3.63) is 47.5 Å². The minimum Gasteiger partial charge on any atom is -0.504 e. The van der Waals surface area contributed by atoms with Crippen molar-refractivity contribution in [1.82, 2.24) is 0 Å². The lowest BCUT2D eigenvalue weighted by atomic mass is 10.1. The van der Waals surface area contributed by atoms with E-state index in [1.807, 2.05) is 31.2 Å². The maximum Gasteiger partial charge on any atom is 0.160 e. The standard InChI is InChI=1S/C16H19NO3/c1-11-4-6-13(16(8-11)20-3)17-10-12-5-7-15(19-2)14(18)9-12/h4-9,17-18H,10H2,1-3H3. The molecule has 0 saturated heterocycles. The molecule has 0 fully saturated rings. The van der Waals surface area contributed by atoms with E-state index in [4.69, 9.17) is 9.47 Å². The van der Waals surface area contributed by atoms with Crippen LogP contribution in [0.15, 0.2) is 36.4 Å². The Balaban J connectivity index is 2.10. The van der Waals surface area contributed by atoms with E-state index in [0.717, 1.165) is 22.6 Å². The number of phenols is 1. The number of methoxy groups -OCH3 is 2. The Kier molecular flexibility index (Phi) is 4.35. The average Bonchev–Trinajstić information content (AvgIpc) is 2.46. The first-order valence-electron chi connectivity index (χ1n) is 6.38. The SMILES string of the molecule is COc1ccc(CNc2ccc(C)cc2OC)cc1O. The Morgan fingerprint density at radius 3 is 2.40 bits per heavy atom. The molecule has 2 aromatic rings. The van der Waals surface area contributed by atoms with Gasteiger partial charge in [-0.2, -0.15) is 0 Å². The van der Waals surface area contributed by atoms with E-state index in [1.165, 1.54) is 7.11 Å². The molecule has 20 heavy (non-hydrogen) atoms. The van der Waals surface area contributed by atoms with E-state index in [9.17, 15) is 5.11 Å². The summed E-state index contributed by atoms with van der Waals surface area (Å²) in [7, 11) is 3.18. The van der Waals surface area contributed by atoms with Crippen LogP contribution in [0, 0.1) is 6.92 Å². The summed E-state index contributed by atoms with van der Waals surface area (Å²) in [4.78, 5) is 0. The largest absolute Gasteiger partial charge is 0.504 e. The molecular formula is C16H19NO3. The van der Waals surface area contributed by atoms with Gasteiger partial charge >= 0.3 is 0 Å². The molecule has 0 saturated carbocycles. The van der Waals surface area contributed by atoms with Crippen molar-refractivity contribution in [2.45, 2.75) is 13.5 Å². The van der Waals surface area contributed by atoms with Crippen LogP contribution in [-0.2, 0) is 6.54 Å². The third-order valence-corrected chi connectivity index (χ3v) is 3.08. The number of aromatic hydroxyl groups is 1. The van der Waals surface area contributed by atoms with Crippen LogP contribution >= 0.6 is 0 Å². The van der Waals surface area contributed by atoms with Crippen molar-refractivity contribution < 1.29 is 14.6 Å². The molecular weight excluding hydrogens is 254 g/mol. The van der Waals surface area contributed by atoms with Crippen LogP contribution in [0.25, 0.3) is 0 Å². The third-order valence-electron chi connectivity index (χ3n) is 3.08. The summed E-state index contributed by atoms with van der Waals surface area (Å²) in [5.74, 6) is 1.42. The maximum atomic E-state index is 9.75. The van der Waals surface area contributed by atoms with E-state index in [0.29, 0.717) is 12.3 Å². The number of benzene rings is 2. The summed E-state index contributed by atoms with van der Waals surface area (Å²) in [5, 5.41) is 13.0. The molecule has 4 nitrogen and oxygen atoms in total. The molecule has 0 aliphatic heterocycles. The smallest absolute Gasteiger partial charge is 0.160 e. The zero-order valence-corrected chi connectivity index (χ0v) is 11.9. The highest BCUT2D eigenvalue weighted by Gasteiger charge is 2.05. The first kappa shape index (κ1) is 14.1. The normalized spacial score (nSPS) is 10.2. The Morgan fingerprint density at radius 2 is 1.75 bits per heavy atom. The molecule has 2 rings (SSSR count). The molecule has 106 valence electrons. The lowest BCUT2D eigenvalue weighted by molar-refractivity contribution is 0.373. The molecule has 0 spiro atoms. The van der Waals surface area contributed by atoms with E-state index >= 15 is 0 Å². The van der Waals surface area contributed by atoms with Crippen molar-refractivity contribution in [2.75, 3.05) is 19.5 Å². The van der Waals surface area contributed by atoms with Crippen LogP contribution in [0.3, 0.4) is 0 Å². The van der Waals surface area contributed by atoms with Gasteiger partial charge in [0.1, 0.15) is 5.75 Å². The van der Waals surface area contributed by atoms with E-state index in [-0.39, 0.29) is 5.75 Å². The lowest BCUT2D eigenvalue weighted by Gasteiger charge is -2.12. The molecule has 0 atom stereocenters. The summed E-state index contributed by atoms with van der Waals surface area (Å²) in [6.07, 6.45) is 0. The Hall–Kier alpha value is -2.36. The number of aryl methyl sites for hydroxylation is 1. The zero-order chi connectivity index (χ0) is 14.5. The summed E-state index contributed by atoms with van der Waals surface area (Å²) >= 11 is 0. The lowest BCUT2D eigenvalue weighted by Crippen LogP contribution is -2.01. The average molecular weight is 273 g/mol. The van der Waals surface area contributed by atoms with Gasteiger partial charge in [0.05, 0.1) is 19.9 Å². The van der Waals surface area contributed by atoms with Gasteiger partial charge in [-0.1, -0.05) is 12.1 Å². The van der Waals surface area contributed by atoms with E-state index in [1.54, 1.807) is 19.2 Å². The fourth-order valence-electron chi connectivity index (χ4n) is 1.99. The van der Waals surface area contributed by atoms with Gasteiger partial charge in [-0.25, -0.2) is 0 Å².